The zero-order valence-electron chi connectivity index (χ0n) is 16.9. The van der Waals surface area contributed by atoms with E-state index in [1.165, 1.54) is 11.8 Å². The first-order valence-electron chi connectivity index (χ1n) is 9.56. The molecule has 0 spiro atoms. The molecular weight excluding hydrogens is 466 g/mol. The summed E-state index contributed by atoms with van der Waals surface area (Å²) in [7, 11) is 0. The number of aryl methyl sites for hydroxylation is 1. The first-order valence-corrected chi connectivity index (χ1v) is 11.3. The van der Waals surface area contributed by atoms with Gasteiger partial charge in [-0.25, -0.2) is 4.68 Å². The van der Waals surface area contributed by atoms with E-state index in [1.54, 1.807) is 35.9 Å². The molecule has 4 rings (SSSR count). The van der Waals surface area contributed by atoms with Gasteiger partial charge < -0.3 is 4.42 Å². The van der Waals surface area contributed by atoms with Crippen molar-refractivity contribution in [2.45, 2.75) is 17.8 Å². The first kappa shape index (κ1) is 22.1. The fourth-order valence-electron chi connectivity index (χ4n) is 2.84. The van der Waals surface area contributed by atoms with Crippen LogP contribution in [-0.4, -0.2) is 25.9 Å². The van der Waals surface area contributed by atoms with Gasteiger partial charge in [-0.3, -0.25) is 15.5 Å². The second-order valence-electron chi connectivity index (χ2n) is 6.71. The molecule has 162 valence electrons. The summed E-state index contributed by atoms with van der Waals surface area (Å²) in [5.74, 6) is 1.52. The quantitative estimate of drug-likeness (QED) is 0.293. The summed E-state index contributed by atoms with van der Waals surface area (Å²) < 4.78 is 7.30. The maximum Gasteiger partial charge on any atom is 0.293 e. The van der Waals surface area contributed by atoms with E-state index in [1.807, 2.05) is 42.5 Å². The molecule has 2 aromatic carbocycles. The maximum absolute atomic E-state index is 12.6. The molecule has 0 unspecified atom stereocenters. The average Bonchev–Trinajstić information content (AvgIpc) is 3.41. The zero-order valence-corrected chi connectivity index (χ0v) is 19.3. The third-order valence-corrected chi connectivity index (χ3v) is 5.81. The fraction of sp³-hybridized carbons (Fsp3) is 0.0909. The number of rotatable bonds is 6. The highest BCUT2D eigenvalue weighted by molar-refractivity contribution is 7.98. The Morgan fingerprint density at radius 3 is 2.72 bits per heavy atom. The predicted molar refractivity (Wildman–Crippen MR) is 129 cm³/mol. The van der Waals surface area contributed by atoms with Crippen LogP contribution in [0.5, 0.6) is 0 Å². The fourth-order valence-corrected chi connectivity index (χ4v) is 4.11. The normalized spacial score (nSPS) is 10.7. The lowest BCUT2D eigenvalue weighted by Crippen LogP contribution is -2.38. The first-order chi connectivity index (χ1) is 15.5. The number of aromatic nitrogens is 3. The van der Waals surface area contributed by atoms with Crippen LogP contribution in [0.2, 0.25) is 5.02 Å². The highest BCUT2D eigenvalue weighted by atomic mass is 35.5. The van der Waals surface area contributed by atoms with Crippen molar-refractivity contribution in [2.75, 3.05) is 5.43 Å². The van der Waals surface area contributed by atoms with Crippen LogP contribution in [0.15, 0.2) is 76.3 Å². The second-order valence-corrected chi connectivity index (χ2v) is 8.50. The third-order valence-electron chi connectivity index (χ3n) is 4.39. The van der Waals surface area contributed by atoms with E-state index in [9.17, 15) is 4.79 Å². The molecule has 0 radical (unpaired) electrons. The molecule has 4 aromatic rings. The predicted octanol–water partition coefficient (Wildman–Crippen LogP) is 5.05. The van der Waals surface area contributed by atoms with Crippen LogP contribution in [0.3, 0.4) is 0 Å². The Morgan fingerprint density at radius 2 is 1.94 bits per heavy atom. The summed E-state index contributed by atoms with van der Waals surface area (Å²) in [5, 5.41) is 12.2. The summed E-state index contributed by atoms with van der Waals surface area (Å²) in [6.07, 6.45) is 0. The molecule has 0 aliphatic heterocycles. The summed E-state index contributed by atoms with van der Waals surface area (Å²) in [6, 6.07) is 20.5. The molecule has 2 N–H and O–H groups in total. The summed E-state index contributed by atoms with van der Waals surface area (Å²) in [4.78, 5) is 12.6. The van der Waals surface area contributed by atoms with E-state index in [-0.39, 0.29) is 10.9 Å². The van der Waals surface area contributed by atoms with E-state index in [4.69, 9.17) is 28.2 Å². The number of furan rings is 1. The van der Waals surface area contributed by atoms with Crippen molar-refractivity contribution in [3.63, 3.8) is 0 Å². The van der Waals surface area contributed by atoms with E-state index in [0.29, 0.717) is 21.8 Å². The molecular formula is C22H18ClN5O2S2. The van der Waals surface area contributed by atoms with Crippen molar-refractivity contribution in [2.24, 2.45) is 0 Å². The molecule has 0 bridgehead atoms. The Labute approximate surface area is 199 Å². The van der Waals surface area contributed by atoms with Gasteiger partial charge in [-0.1, -0.05) is 65.8 Å². The number of thiocarbonyl (C=S) groups is 1. The van der Waals surface area contributed by atoms with Crippen LogP contribution < -0.4 is 10.7 Å². The monoisotopic (exact) mass is 483 g/mol. The molecule has 2 heterocycles. The Bertz CT molecular complexity index is 1260. The van der Waals surface area contributed by atoms with Gasteiger partial charge >= 0.3 is 0 Å². The lowest BCUT2D eigenvalue weighted by molar-refractivity contribution is 0.0951. The number of amides is 1. The van der Waals surface area contributed by atoms with Crippen molar-refractivity contribution in [3.05, 3.63) is 88.9 Å². The molecule has 0 saturated carbocycles. The van der Waals surface area contributed by atoms with E-state index >= 15 is 0 Å². The molecule has 32 heavy (non-hydrogen) atoms. The Balaban J connectivity index is 1.39. The van der Waals surface area contributed by atoms with Gasteiger partial charge in [-0.2, -0.15) is 0 Å². The van der Waals surface area contributed by atoms with Crippen molar-refractivity contribution < 1.29 is 9.21 Å². The van der Waals surface area contributed by atoms with Crippen molar-refractivity contribution in [1.82, 2.24) is 20.2 Å². The minimum Gasteiger partial charge on any atom is -0.451 e. The Kier molecular flexibility index (Phi) is 6.89. The number of hydrogen-bond donors (Lipinski definition) is 2. The molecule has 7 nitrogen and oxygen atoms in total. The number of thioether (sulfide) groups is 1. The molecule has 0 atom stereocenters. The van der Waals surface area contributed by atoms with Gasteiger partial charge in [-0.05, 0) is 49.0 Å². The van der Waals surface area contributed by atoms with Gasteiger partial charge in [0, 0.05) is 16.3 Å². The van der Waals surface area contributed by atoms with E-state index in [0.717, 1.165) is 16.9 Å². The van der Waals surface area contributed by atoms with Crippen LogP contribution in [0.1, 0.15) is 21.9 Å². The smallest absolute Gasteiger partial charge is 0.293 e. The standard InChI is InChI=1S/C22H18ClN5O2S2/c1-14-25-26-22(32-13-15-6-3-2-4-7-15)28(14)27-21(31)24-20(29)19-11-10-18(30-19)16-8-5-9-17(23)12-16/h2-12H,13H2,1H3,(H2,24,27,29,31). The topological polar surface area (TPSA) is 85.0 Å². The lowest BCUT2D eigenvalue weighted by atomic mass is 10.2. The van der Waals surface area contributed by atoms with Crippen LogP contribution in [-0.2, 0) is 5.75 Å². The number of benzene rings is 2. The number of nitrogens with one attached hydrogen (secondary N) is 2. The zero-order chi connectivity index (χ0) is 22.5. The summed E-state index contributed by atoms with van der Waals surface area (Å²) in [6.45, 7) is 1.79. The van der Waals surface area contributed by atoms with Crippen molar-refractivity contribution in [1.29, 1.82) is 0 Å². The van der Waals surface area contributed by atoms with Gasteiger partial charge in [-0.15, -0.1) is 10.2 Å². The third kappa shape index (κ3) is 5.37. The highest BCUT2D eigenvalue weighted by Crippen LogP contribution is 2.25. The SMILES string of the molecule is Cc1nnc(SCc2ccccc2)n1NC(=S)NC(=O)c1ccc(-c2cccc(Cl)c2)o1. The number of halogens is 1. The Hall–Kier alpha value is -3.14. The molecule has 1 amide bonds. The molecule has 2 aromatic heterocycles. The van der Waals surface area contributed by atoms with Gasteiger partial charge in [0.25, 0.3) is 5.91 Å². The number of carbonyl (C=O) groups excluding carboxylic acids is 1. The largest absolute Gasteiger partial charge is 0.451 e. The van der Waals surface area contributed by atoms with Crippen molar-refractivity contribution in [3.8, 4) is 11.3 Å². The minimum atomic E-state index is -0.472. The maximum atomic E-state index is 12.6. The minimum absolute atomic E-state index is 0.0974. The van der Waals surface area contributed by atoms with E-state index < -0.39 is 5.91 Å². The van der Waals surface area contributed by atoms with Gasteiger partial charge in [0.15, 0.2) is 10.9 Å². The molecule has 0 fully saturated rings. The van der Waals surface area contributed by atoms with Crippen LogP contribution in [0.4, 0.5) is 0 Å². The second kappa shape index (κ2) is 9.99. The number of hydrogen-bond acceptors (Lipinski definition) is 6. The molecule has 10 heteroatoms. The number of carbonyl (C=O) groups is 1. The Morgan fingerprint density at radius 1 is 1.12 bits per heavy atom. The van der Waals surface area contributed by atoms with Crippen LogP contribution >= 0.6 is 35.6 Å². The van der Waals surface area contributed by atoms with Gasteiger partial charge in [0.05, 0.1) is 0 Å². The molecule has 0 aliphatic rings. The highest BCUT2D eigenvalue weighted by Gasteiger charge is 2.16. The molecule has 0 aliphatic carbocycles. The van der Waals surface area contributed by atoms with Crippen LogP contribution in [0, 0.1) is 6.92 Å². The summed E-state index contributed by atoms with van der Waals surface area (Å²) >= 11 is 12.8. The number of nitrogens with zero attached hydrogens (tertiary/aromatic N) is 3. The lowest BCUT2D eigenvalue weighted by Gasteiger charge is -2.12. The van der Waals surface area contributed by atoms with E-state index in [2.05, 4.69) is 20.9 Å². The van der Waals surface area contributed by atoms with Crippen molar-refractivity contribution >= 4 is 46.6 Å². The van der Waals surface area contributed by atoms with Crippen LogP contribution in [0.25, 0.3) is 11.3 Å². The van der Waals surface area contributed by atoms with Gasteiger partial charge in [0.2, 0.25) is 5.16 Å². The summed E-state index contributed by atoms with van der Waals surface area (Å²) in [5.41, 5.74) is 4.89. The average molecular weight is 484 g/mol. The van der Waals surface area contributed by atoms with Gasteiger partial charge in [0.1, 0.15) is 11.6 Å². The molecule has 0 saturated heterocycles.